The minimum absolute atomic E-state index is 0.796. The molecule has 1 nitrogen and oxygen atoms in total. The maximum Gasteiger partial charge on any atom is 0.0517 e. The van der Waals surface area contributed by atoms with Crippen LogP contribution in [-0.2, 0) is 5.75 Å². The first-order valence-electron chi connectivity index (χ1n) is 5.56. The molecule has 0 N–H and O–H groups in total. The summed E-state index contributed by atoms with van der Waals surface area (Å²) in [5.41, 5.74) is 1.11. The second kappa shape index (κ2) is 5.76. The van der Waals surface area contributed by atoms with Crippen LogP contribution in [0.4, 0.5) is 0 Å². The van der Waals surface area contributed by atoms with E-state index in [4.69, 9.17) is 11.6 Å². The highest BCUT2D eigenvalue weighted by Crippen LogP contribution is 2.30. The molecule has 82 valence electrons. The topological polar surface area (TPSA) is 12.9 Å². The molecule has 1 saturated carbocycles. The van der Waals surface area contributed by atoms with Gasteiger partial charge in [0.2, 0.25) is 0 Å². The summed E-state index contributed by atoms with van der Waals surface area (Å²) in [4.78, 5) is 4.32. The van der Waals surface area contributed by atoms with Crippen molar-refractivity contribution in [3.05, 3.63) is 29.0 Å². The Labute approximate surface area is 101 Å². The van der Waals surface area contributed by atoms with Crippen molar-refractivity contribution in [1.29, 1.82) is 0 Å². The van der Waals surface area contributed by atoms with Crippen molar-refractivity contribution in [2.24, 2.45) is 0 Å². The molecular formula is C12H16ClNS. The standard InChI is InChI=1S/C12H16ClNS/c13-10-6-7-14-11(8-10)9-15-12-4-2-1-3-5-12/h6-8,12H,1-5,9H2. The van der Waals surface area contributed by atoms with Crippen molar-refractivity contribution in [2.75, 3.05) is 0 Å². The van der Waals surface area contributed by atoms with Gasteiger partial charge in [0.15, 0.2) is 0 Å². The quantitative estimate of drug-likeness (QED) is 0.783. The fourth-order valence-corrected chi connectivity index (χ4v) is 3.38. The molecule has 0 aliphatic heterocycles. The third-order valence-electron chi connectivity index (χ3n) is 2.80. The molecule has 2 rings (SSSR count). The van der Waals surface area contributed by atoms with Crippen LogP contribution in [0, 0.1) is 0 Å². The molecule has 1 aromatic heterocycles. The maximum atomic E-state index is 5.92. The number of rotatable bonds is 3. The minimum atomic E-state index is 0.796. The lowest BCUT2D eigenvalue weighted by molar-refractivity contribution is 0.516. The first-order valence-corrected chi connectivity index (χ1v) is 6.99. The Bertz CT molecular complexity index is 310. The van der Waals surface area contributed by atoms with Crippen molar-refractivity contribution >= 4 is 23.4 Å². The lowest BCUT2D eigenvalue weighted by atomic mass is 10.0. The van der Waals surface area contributed by atoms with Crippen LogP contribution in [0.2, 0.25) is 5.02 Å². The summed E-state index contributed by atoms with van der Waals surface area (Å²) in [6.07, 6.45) is 8.78. The second-order valence-corrected chi connectivity index (χ2v) is 5.76. The molecule has 0 spiro atoms. The molecule has 1 aliphatic carbocycles. The largest absolute Gasteiger partial charge is 0.260 e. The van der Waals surface area contributed by atoms with Gasteiger partial charge in [-0.2, -0.15) is 11.8 Å². The third-order valence-corrected chi connectivity index (χ3v) is 4.44. The molecule has 1 heterocycles. The SMILES string of the molecule is Clc1ccnc(CSC2CCCCC2)c1. The van der Waals surface area contributed by atoms with Crippen molar-refractivity contribution < 1.29 is 0 Å². The molecule has 15 heavy (non-hydrogen) atoms. The number of thioether (sulfide) groups is 1. The molecule has 0 amide bonds. The Kier molecular flexibility index (Phi) is 4.33. The van der Waals surface area contributed by atoms with Crippen LogP contribution >= 0.6 is 23.4 Å². The van der Waals surface area contributed by atoms with Gasteiger partial charge in [-0.1, -0.05) is 30.9 Å². The van der Waals surface area contributed by atoms with E-state index < -0.39 is 0 Å². The summed E-state index contributed by atoms with van der Waals surface area (Å²) in [6.45, 7) is 0. The molecule has 0 saturated heterocycles. The van der Waals surface area contributed by atoms with E-state index in [1.165, 1.54) is 32.1 Å². The molecule has 1 aromatic rings. The molecule has 1 aliphatic rings. The minimum Gasteiger partial charge on any atom is -0.260 e. The van der Waals surface area contributed by atoms with Crippen molar-refractivity contribution in [2.45, 2.75) is 43.1 Å². The average Bonchev–Trinajstić information content (AvgIpc) is 2.28. The van der Waals surface area contributed by atoms with Crippen LogP contribution in [-0.4, -0.2) is 10.2 Å². The summed E-state index contributed by atoms with van der Waals surface area (Å²) in [5.74, 6) is 1.01. The Morgan fingerprint density at radius 1 is 1.33 bits per heavy atom. The summed E-state index contributed by atoms with van der Waals surface area (Å²) >= 11 is 7.96. The van der Waals surface area contributed by atoms with Crippen LogP contribution in [0.3, 0.4) is 0 Å². The zero-order valence-corrected chi connectivity index (χ0v) is 10.4. The summed E-state index contributed by atoms with van der Waals surface area (Å²) in [5, 5.41) is 1.64. The van der Waals surface area contributed by atoms with Gasteiger partial charge in [0.05, 0.1) is 5.69 Å². The third kappa shape index (κ3) is 3.69. The fourth-order valence-electron chi connectivity index (χ4n) is 1.96. The summed E-state index contributed by atoms with van der Waals surface area (Å²) in [7, 11) is 0. The van der Waals surface area contributed by atoms with E-state index in [0.29, 0.717) is 0 Å². The Hall–Kier alpha value is -0.210. The van der Waals surface area contributed by atoms with Gasteiger partial charge in [0.25, 0.3) is 0 Å². The van der Waals surface area contributed by atoms with Crippen LogP contribution in [0.25, 0.3) is 0 Å². The van der Waals surface area contributed by atoms with Gasteiger partial charge in [-0.05, 0) is 25.0 Å². The Balaban J connectivity index is 1.81. The van der Waals surface area contributed by atoms with E-state index in [1.54, 1.807) is 6.20 Å². The lowest BCUT2D eigenvalue weighted by Crippen LogP contribution is -2.08. The molecule has 0 radical (unpaired) electrons. The van der Waals surface area contributed by atoms with Crippen molar-refractivity contribution in [3.8, 4) is 0 Å². The predicted molar refractivity (Wildman–Crippen MR) is 67.4 cm³/mol. The van der Waals surface area contributed by atoms with Gasteiger partial charge in [-0.15, -0.1) is 0 Å². The molecule has 0 unspecified atom stereocenters. The lowest BCUT2D eigenvalue weighted by Gasteiger charge is -2.20. The summed E-state index contributed by atoms with van der Waals surface area (Å²) < 4.78 is 0. The van der Waals surface area contributed by atoms with Gasteiger partial charge in [0, 0.05) is 22.2 Å². The van der Waals surface area contributed by atoms with Gasteiger partial charge in [-0.25, -0.2) is 0 Å². The highest BCUT2D eigenvalue weighted by Gasteiger charge is 2.13. The van der Waals surface area contributed by atoms with E-state index in [-0.39, 0.29) is 0 Å². The van der Waals surface area contributed by atoms with Crippen LogP contribution in [0.1, 0.15) is 37.8 Å². The first-order chi connectivity index (χ1) is 7.34. The van der Waals surface area contributed by atoms with E-state index in [2.05, 4.69) is 4.98 Å². The number of hydrogen-bond acceptors (Lipinski definition) is 2. The van der Waals surface area contributed by atoms with Crippen LogP contribution in [0.5, 0.6) is 0 Å². The molecule has 1 fully saturated rings. The fraction of sp³-hybridized carbons (Fsp3) is 0.583. The van der Waals surface area contributed by atoms with E-state index >= 15 is 0 Å². The number of halogens is 1. The second-order valence-electron chi connectivity index (χ2n) is 4.04. The van der Waals surface area contributed by atoms with Gasteiger partial charge >= 0.3 is 0 Å². The first kappa shape index (κ1) is 11.3. The van der Waals surface area contributed by atoms with Crippen molar-refractivity contribution in [3.63, 3.8) is 0 Å². The number of aromatic nitrogens is 1. The number of hydrogen-bond donors (Lipinski definition) is 0. The zero-order valence-electron chi connectivity index (χ0n) is 8.79. The maximum absolute atomic E-state index is 5.92. The van der Waals surface area contributed by atoms with Crippen LogP contribution < -0.4 is 0 Å². The normalized spacial score (nSPS) is 17.9. The molecular weight excluding hydrogens is 226 g/mol. The zero-order chi connectivity index (χ0) is 10.5. The number of nitrogens with zero attached hydrogens (tertiary/aromatic N) is 1. The van der Waals surface area contributed by atoms with E-state index in [1.807, 2.05) is 23.9 Å². The predicted octanol–water partition coefficient (Wildman–Crippen LogP) is 4.30. The highest BCUT2D eigenvalue weighted by molar-refractivity contribution is 7.99. The molecule has 0 bridgehead atoms. The van der Waals surface area contributed by atoms with Gasteiger partial charge in [-0.3, -0.25) is 4.98 Å². The smallest absolute Gasteiger partial charge is 0.0517 e. The van der Waals surface area contributed by atoms with Crippen LogP contribution in [0.15, 0.2) is 18.3 Å². The summed E-state index contributed by atoms with van der Waals surface area (Å²) in [6, 6.07) is 3.80. The van der Waals surface area contributed by atoms with Gasteiger partial charge in [0.1, 0.15) is 0 Å². The Morgan fingerprint density at radius 2 is 2.13 bits per heavy atom. The monoisotopic (exact) mass is 241 g/mol. The average molecular weight is 242 g/mol. The Morgan fingerprint density at radius 3 is 2.87 bits per heavy atom. The van der Waals surface area contributed by atoms with E-state index in [9.17, 15) is 0 Å². The molecule has 0 atom stereocenters. The van der Waals surface area contributed by atoms with Gasteiger partial charge < -0.3 is 0 Å². The van der Waals surface area contributed by atoms with Crippen molar-refractivity contribution in [1.82, 2.24) is 4.98 Å². The van der Waals surface area contributed by atoms with E-state index in [0.717, 1.165) is 21.7 Å². The molecule has 3 heteroatoms. The number of pyridine rings is 1. The highest BCUT2D eigenvalue weighted by atomic mass is 35.5. The molecule has 0 aromatic carbocycles.